The predicted molar refractivity (Wildman–Crippen MR) is 111 cm³/mol. The molecule has 0 aliphatic heterocycles. The molecule has 23 heavy (non-hydrogen) atoms. The van der Waals surface area contributed by atoms with E-state index in [2.05, 4.69) is 102 Å². The fraction of sp³-hybridized carbons (Fsp3) is 0. The first-order valence-electron chi connectivity index (χ1n) is 7.29. The van der Waals surface area contributed by atoms with E-state index in [-0.39, 0.29) is 0 Å². The zero-order valence-corrected chi connectivity index (χ0v) is 16.6. The van der Waals surface area contributed by atoms with E-state index in [4.69, 9.17) is 0 Å². The summed E-state index contributed by atoms with van der Waals surface area (Å²) in [5.74, 6) is 0. The van der Waals surface area contributed by atoms with E-state index in [9.17, 15) is 0 Å². The van der Waals surface area contributed by atoms with Crippen molar-refractivity contribution in [3.8, 4) is 0 Å². The molecular formula is C20H9Br3. The maximum atomic E-state index is 3.79. The van der Waals surface area contributed by atoms with Gasteiger partial charge in [0.1, 0.15) is 0 Å². The minimum Gasteiger partial charge on any atom is -0.0610 e. The lowest BCUT2D eigenvalue weighted by atomic mass is 9.90. The number of benzene rings is 5. The van der Waals surface area contributed by atoms with E-state index >= 15 is 0 Å². The molecule has 0 aliphatic rings. The third kappa shape index (κ3) is 1.81. The number of hydrogen-bond donors (Lipinski definition) is 0. The van der Waals surface area contributed by atoms with Crippen molar-refractivity contribution in [2.24, 2.45) is 0 Å². The van der Waals surface area contributed by atoms with Crippen molar-refractivity contribution in [3.63, 3.8) is 0 Å². The molecule has 0 unspecified atom stereocenters. The molecule has 0 nitrogen and oxygen atoms in total. The van der Waals surface area contributed by atoms with Gasteiger partial charge in [-0.1, -0.05) is 84.2 Å². The van der Waals surface area contributed by atoms with E-state index in [1.165, 1.54) is 43.1 Å². The van der Waals surface area contributed by atoms with Crippen molar-refractivity contribution in [1.82, 2.24) is 0 Å². The van der Waals surface area contributed by atoms with Crippen LogP contribution in [0.15, 0.2) is 68.0 Å². The first kappa shape index (κ1) is 14.2. The third-order valence-electron chi connectivity index (χ3n) is 4.60. The van der Waals surface area contributed by atoms with Crippen molar-refractivity contribution >= 4 is 90.9 Å². The van der Waals surface area contributed by atoms with E-state index in [1.54, 1.807) is 0 Å². The lowest BCUT2D eigenvalue weighted by Gasteiger charge is -2.17. The first-order chi connectivity index (χ1) is 11.2. The first-order valence-corrected chi connectivity index (χ1v) is 9.67. The van der Waals surface area contributed by atoms with Crippen molar-refractivity contribution in [2.45, 2.75) is 0 Å². The Morgan fingerprint density at radius 2 is 0.957 bits per heavy atom. The zero-order chi connectivity index (χ0) is 15.7. The summed E-state index contributed by atoms with van der Waals surface area (Å²) in [4.78, 5) is 0. The van der Waals surface area contributed by atoms with Crippen LogP contribution in [0.1, 0.15) is 0 Å². The van der Waals surface area contributed by atoms with Gasteiger partial charge in [-0.25, -0.2) is 0 Å². The van der Waals surface area contributed by atoms with Gasteiger partial charge in [-0.05, 0) is 45.1 Å². The van der Waals surface area contributed by atoms with Crippen LogP contribution in [0.2, 0.25) is 0 Å². The van der Waals surface area contributed by atoms with Crippen LogP contribution in [0.4, 0.5) is 0 Å². The summed E-state index contributed by atoms with van der Waals surface area (Å²) in [5, 5.41) is 10.3. The average Bonchev–Trinajstić information content (AvgIpc) is 2.56. The number of fused-ring (bicyclic) bond motifs is 2. The monoisotopic (exact) mass is 486 g/mol. The van der Waals surface area contributed by atoms with E-state index in [0.717, 1.165) is 13.4 Å². The van der Waals surface area contributed by atoms with Crippen LogP contribution in [-0.2, 0) is 0 Å². The summed E-state index contributed by atoms with van der Waals surface area (Å²) in [6.07, 6.45) is 0. The van der Waals surface area contributed by atoms with Crippen molar-refractivity contribution in [3.05, 3.63) is 68.0 Å². The van der Waals surface area contributed by atoms with Crippen molar-refractivity contribution < 1.29 is 0 Å². The van der Waals surface area contributed by atoms with Crippen LogP contribution in [0.5, 0.6) is 0 Å². The average molecular weight is 489 g/mol. The molecule has 0 saturated carbocycles. The maximum Gasteiger partial charge on any atom is 0.0261 e. The van der Waals surface area contributed by atoms with Gasteiger partial charge in [0.15, 0.2) is 0 Å². The summed E-state index contributed by atoms with van der Waals surface area (Å²) in [7, 11) is 0. The Bertz CT molecular complexity index is 1230. The van der Waals surface area contributed by atoms with Gasteiger partial charge in [0.05, 0.1) is 0 Å². The smallest absolute Gasteiger partial charge is 0.0261 e. The van der Waals surface area contributed by atoms with Crippen molar-refractivity contribution in [1.29, 1.82) is 0 Å². The standard InChI is InChI=1S/C20H9Br3/c21-13-7-5-11-6-9-15(23)20-17(11)18(13)12-3-1-2-10-4-8-14(22)19(20)16(10)12/h1-9H. The minimum absolute atomic E-state index is 1.13. The molecule has 0 bridgehead atoms. The molecule has 0 saturated heterocycles. The van der Waals surface area contributed by atoms with E-state index in [0.29, 0.717) is 0 Å². The van der Waals surface area contributed by atoms with Gasteiger partial charge < -0.3 is 0 Å². The van der Waals surface area contributed by atoms with Gasteiger partial charge in [0, 0.05) is 29.6 Å². The fourth-order valence-electron chi connectivity index (χ4n) is 3.68. The molecule has 0 N–H and O–H groups in total. The van der Waals surface area contributed by atoms with Crippen LogP contribution >= 0.6 is 47.8 Å². The summed E-state index contributed by atoms with van der Waals surface area (Å²) < 4.78 is 3.41. The highest BCUT2D eigenvalue weighted by Crippen LogP contribution is 2.47. The lowest BCUT2D eigenvalue weighted by molar-refractivity contribution is 1.72. The molecule has 0 amide bonds. The Labute approximate surface area is 158 Å². The van der Waals surface area contributed by atoms with Gasteiger partial charge in [0.25, 0.3) is 0 Å². The van der Waals surface area contributed by atoms with Gasteiger partial charge in [-0.3, -0.25) is 0 Å². The quantitative estimate of drug-likeness (QED) is 0.153. The molecular weight excluding hydrogens is 480 g/mol. The van der Waals surface area contributed by atoms with Crippen LogP contribution in [0.25, 0.3) is 43.1 Å². The Hall–Kier alpha value is -1.16. The fourth-order valence-corrected chi connectivity index (χ4v) is 5.28. The number of halogens is 3. The van der Waals surface area contributed by atoms with Crippen LogP contribution in [-0.4, -0.2) is 0 Å². The van der Waals surface area contributed by atoms with Crippen LogP contribution < -0.4 is 0 Å². The molecule has 0 aliphatic carbocycles. The Balaban J connectivity index is 2.35. The molecule has 5 aromatic rings. The molecule has 0 heterocycles. The second-order valence-electron chi connectivity index (χ2n) is 5.77. The van der Waals surface area contributed by atoms with Crippen molar-refractivity contribution in [2.75, 3.05) is 0 Å². The maximum absolute atomic E-state index is 3.79. The second-order valence-corrected chi connectivity index (χ2v) is 8.33. The van der Waals surface area contributed by atoms with E-state index in [1.807, 2.05) is 0 Å². The second kappa shape index (κ2) is 4.92. The Morgan fingerprint density at radius 3 is 1.61 bits per heavy atom. The third-order valence-corrected chi connectivity index (χ3v) is 6.58. The van der Waals surface area contributed by atoms with Crippen LogP contribution in [0, 0.1) is 0 Å². The molecule has 0 spiro atoms. The van der Waals surface area contributed by atoms with Gasteiger partial charge in [-0.15, -0.1) is 0 Å². The normalized spacial score (nSPS) is 12.1. The molecule has 3 heteroatoms. The molecule has 5 aromatic carbocycles. The van der Waals surface area contributed by atoms with Gasteiger partial charge >= 0.3 is 0 Å². The zero-order valence-electron chi connectivity index (χ0n) is 11.8. The highest BCUT2D eigenvalue weighted by Gasteiger charge is 2.18. The summed E-state index contributed by atoms with van der Waals surface area (Å²) in [6.45, 7) is 0. The lowest BCUT2D eigenvalue weighted by Crippen LogP contribution is -1.89. The molecule has 0 atom stereocenters. The molecule has 0 fully saturated rings. The summed E-state index contributed by atoms with van der Waals surface area (Å²) in [5.41, 5.74) is 0. The minimum atomic E-state index is 1.13. The Morgan fingerprint density at radius 1 is 0.435 bits per heavy atom. The van der Waals surface area contributed by atoms with E-state index < -0.39 is 0 Å². The highest BCUT2D eigenvalue weighted by molar-refractivity contribution is 9.11. The number of rotatable bonds is 0. The largest absolute Gasteiger partial charge is 0.0610 e. The number of hydrogen-bond acceptors (Lipinski definition) is 0. The van der Waals surface area contributed by atoms with Gasteiger partial charge in [-0.2, -0.15) is 0 Å². The SMILES string of the molecule is Brc1ccc2cccc3c4c(Br)ccc5ccc(Br)c(c1c23)c54. The van der Waals surface area contributed by atoms with Crippen LogP contribution in [0.3, 0.4) is 0 Å². The molecule has 110 valence electrons. The Kier molecular flexibility index (Phi) is 3.04. The molecule has 5 rings (SSSR count). The molecule has 0 aromatic heterocycles. The summed E-state index contributed by atoms with van der Waals surface area (Å²) in [6, 6.07) is 19.5. The highest BCUT2D eigenvalue weighted by atomic mass is 79.9. The predicted octanol–water partition coefficient (Wildman–Crippen LogP) is 8.02. The molecule has 0 radical (unpaired) electrons. The van der Waals surface area contributed by atoms with Gasteiger partial charge in [0.2, 0.25) is 0 Å². The summed E-state index contributed by atoms with van der Waals surface area (Å²) >= 11 is 11.3. The topological polar surface area (TPSA) is 0 Å².